The number of aromatic nitrogens is 2. The fraction of sp³-hybridized carbons (Fsp3) is 0.450. The average molecular weight is 418 g/mol. The van der Waals surface area contributed by atoms with Crippen molar-refractivity contribution in [3.8, 4) is 0 Å². The summed E-state index contributed by atoms with van der Waals surface area (Å²) in [4.78, 5) is 39.5. The highest BCUT2D eigenvalue weighted by molar-refractivity contribution is 7.17. The van der Waals surface area contributed by atoms with E-state index in [1.165, 1.54) is 26.9 Å². The highest BCUT2D eigenvalue weighted by Crippen LogP contribution is 2.18. The zero-order valence-corrected chi connectivity index (χ0v) is 17.2. The van der Waals surface area contributed by atoms with Crippen molar-refractivity contribution in [3.63, 3.8) is 0 Å². The minimum atomic E-state index is -0.411. The molecule has 1 fully saturated rings. The number of thiophene rings is 2. The first-order valence-electron chi connectivity index (χ1n) is 9.66. The Hall–Kier alpha value is -2.19. The van der Waals surface area contributed by atoms with E-state index in [4.69, 9.17) is 0 Å². The summed E-state index contributed by atoms with van der Waals surface area (Å²) in [6, 6.07) is 5.90. The molecule has 0 radical (unpaired) electrons. The zero-order chi connectivity index (χ0) is 19.5. The number of hydrogen-bond donors (Lipinski definition) is 1. The summed E-state index contributed by atoms with van der Waals surface area (Å²) in [6.45, 7) is 0.262. The van der Waals surface area contributed by atoms with E-state index in [1.54, 1.807) is 22.8 Å². The van der Waals surface area contributed by atoms with E-state index in [9.17, 15) is 14.4 Å². The van der Waals surface area contributed by atoms with Crippen LogP contribution in [0.25, 0.3) is 10.2 Å². The smallest absolute Gasteiger partial charge is 0.332 e. The molecule has 1 N–H and O–H groups in total. The van der Waals surface area contributed by atoms with Crippen LogP contribution in [0.4, 0.5) is 0 Å². The third-order valence-electron chi connectivity index (χ3n) is 5.27. The highest BCUT2D eigenvalue weighted by atomic mass is 32.1. The molecule has 0 atom stereocenters. The van der Waals surface area contributed by atoms with E-state index in [1.807, 2.05) is 17.5 Å². The van der Waals surface area contributed by atoms with Crippen LogP contribution in [-0.2, 0) is 24.3 Å². The second-order valence-electron chi connectivity index (χ2n) is 7.19. The number of rotatable bonds is 6. The molecule has 0 saturated heterocycles. The van der Waals surface area contributed by atoms with Gasteiger partial charge in [0, 0.05) is 17.5 Å². The van der Waals surface area contributed by atoms with Crippen molar-refractivity contribution in [2.45, 2.75) is 57.7 Å². The number of nitrogens with one attached hydrogen (secondary N) is 1. The second-order valence-corrected chi connectivity index (χ2v) is 9.14. The van der Waals surface area contributed by atoms with Crippen LogP contribution >= 0.6 is 22.7 Å². The fourth-order valence-corrected chi connectivity index (χ4v) is 5.37. The Morgan fingerprint density at radius 3 is 2.64 bits per heavy atom. The molecular formula is C20H23N3O3S2. The Kier molecular flexibility index (Phi) is 5.77. The van der Waals surface area contributed by atoms with Crippen molar-refractivity contribution >= 4 is 38.8 Å². The molecule has 6 nitrogen and oxygen atoms in total. The van der Waals surface area contributed by atoms with Gasteiger partial charge in [-0.1, -0.05) is 25.3 Å². The monoisotopic (exact) mass is 417 g/mol. The van der Waals surface area contributed by atoms with Gasteiger partial charge in [0.15, 0.2) is 0 Å². The summed E-state index contributed by atoms with van der Waals surface area (Å²) in [7, 11) is 0. The fourth-order valence-electron chi connectivity index (χ4n) is 3.82. The molecule has 8 heteroatoms. The third-order valence-corrected chi connectivity index (χ3v) is 7.10. The van der Waals surface area contributed by atoms with E-state index in [-0.39, 0.29) is 24.1 Å². The van der Waals surface area contributed by atoms with Gasteiger partial charge in [0.2, 0.25) is 5.91 Å². The first-order valence-corrected chi connectivity index (χ1v) is 11.4. The third kappa shape index (κ3) is 3.98. The van der Waals surface area contributed by atoms with E-state index in [2.05, 4.69) is 5.32 Å². The van der Waals surface area contributed by atoms with Gasteiger partial charge in [-0.25, -0.2) is 4.79 Å². The molecule has 28 heavy (non-hydrogen) atoms. The molecule has 1 aliphatic rings. The zero-order valence-electron chi connectivity index (χ0n) is 15.6. The lowest BCUT2D eigenvalue weighted by Gasteiger charge is -2.23. The lowest BCUT2D eigenvalue weighted by molar-refractivity contribution is -0.122. The van der Waals surface area contributed by atoms with Crippen molar-refractivity contribution < 1.29 is 4.79 Å². The molecule has 0 bridgehead atoms. The Balaban J connectivity index is 1.61. The second kappa shape index (κ2) is 8.45. The van der Waals surface area contributed by atoms with Gasteiger partial charge in [-0.2, -0.15) is 0 Å². The molecule has 1 amide bonds. The van der Waals surface area contributed by atoms with Crippen LogP contribution in [0.15, 0.2) is 38.5 Å². The maximum absolute atomic E-state index is 13.0. The molecule has 3 aromatic rings. The highest BCUT2D eigenvalue weighted by Gasteiger charge is 2.19. The summed E-state index contributed by atoms with van der Waals surface area (Å²) in [5, 5.41) is 6.84. The Morgan fingerprint density at radius 2 is 1.89 bits per heavy atom. The predicted molar refractivity (Wildman–Crippen MR) is 113 cm³/mol. The summed E-state index contributed by atoms with van der Waals surface area (Å²) in [5.74, 6) is -0.162. The molecule has 4 rings (SSSR count). The van der Waals surface area contributed by atoms with Gasteiger partial charge in [0.25, 0.3) is 5.56 Å². The normalized spacial score (nSPS) is 15.1. The van der Waals surface area contributed by atoms with Gasteiger partial charge in [0.05, 0.1) is 5.52 Å². The van der Waals surface area contributed by atoms with Gasteiger partial charge < -0.3 is 5.32 Å². The molecule has 0 aliphatic heterocycles. The molecular weight excluding hydrogens is 394 g/mol. The number of aryl methyl sites for hydroxylation is 1. The number of amides is 1. The minimum absolute atomic E-state index is 0.0537. The lowest BCUT2D eigenvalue weighted by atomic mass is 9.95. The maximum atomic E-state index is 13.0. The van der Waals surface area contributed by atoms with Gasteiger partial charge in [-0.05, 0) is 42.2 Å². The molecule has 3 heterocycles. The van der Waals surface area contributed by atoms with Gasteiger partial charge in [0.1, 0.15) is 11.2 Å². The van der Waals surface area contributed by atoms with Crippen LogP contribution in [0.5, 0.6) is 0 Å². The van der Waals surface area contributed by atoms with E-state index in [0.29, 0.717) is 23.2 Å². The topological polar surface area (TPSA) is 73.1 Å². The van der Waals surface area contributed by atoms with Crippen molar-refractivity contribution in [2.24, 2.45) is 0 Å². The number of carbonyl (C=O) groups is 1. The Morgan fingerprint density at radius 1 is 1.07 bits per heavy atom. The summed E-state index contributed by atoms with van der Waals surface area (Å²) < 4.78 is 3.24. The first kappa shape index (κ1) is 19.1. The van der Waals surface area contributed by atoms with E-state index < -0.39 is 5.69 Å². The minimum Gasteiger partial charge on any atom is -0.352 e. The maximum Gasteiger partial charge on any atom is 0.332 e. The standard InChI is InChI=1S/C20H23N3O3S2/c24-17(21-14-5-2-1-3-6-14)13-23-16-9-12-28-18(16)19(25)22(20(23)26)10-8-15-7-4-11-27-15/h4,7,9,11-12,14H,1-3,5-6,8,10,13H2,(H,21,24). The predicted octanol–water partition coefficient (Wildman–Crippen LogP) is 2.98. The first-order chi connectivity index (χ1) is 13.6. The van der Waals surface area contributed by atoms with Crippen LogP contribution in [0.3, 0.4) is 0 Å². The molecule has 1 saturated carbocycles. The molecule has 0 aromatic carbocycles. The molecule has 1 aliphatic carbocycles. The summed E-state index contributed by atoms with van der Waals surface area (Å²) >= 11 is 2.92. The Bertz CT molecular complexity index is 1070. The van der Waals surface area contributed by atoms with Crippen LogP contribution in [-0.4, -0.2) is 21.1 Å². The van der Waals surface area contributed by atoms with Crippen molar-refractivity contribution in [1.29, 1.82) is 0 Å². The Labute approximate surface area is 170 Å². The van der Waals surface area contributed by atoms with Crippen LogP contribution in [0.2, 0.25) is 0 Å². The van der Waals surface area contributed by atoms with Crippen LogP contribution in [0.1, 0.15) is 37.0 Å². The summed E-state index contributed by atoms with van der Waals surface area (Å²) in [6.07, 6.45) is 6.10. The van der Waals surface area contributed by atoms with Crippen molar-refractivity contribution in [3.05, 3.63) is 54.7 Å². The van der Waals surface area contributed by atoms with E-state index >= 15 is 0 Å². The summed E-state index contributed by atoms with van der Waals surface area (Å²) in [5.41, 5.74) is -0.132. The van der Waals surface area contributed by atoms with E-state index in [0.717, 1.165) is 30.6 Å². The number of hydrogen-bond acceptors (Lipinski definition) is 5. The number of fused-ring (bicyclic) bond motifs is 1. The number of nitrogens with zero attached hydrogens (tertiary/aromatic N) is 2. The van der Waals surface area contributed by atoms with Crippen molar-refractivity contribution in [2.75, 3.05) is 0 Å². The van der Waals surface area contributed by atoms with Crippen LogP contribution < -0.4 is 16.6 Å². The largest absolute Gasteiger partial charge is 0.352 e. The van der Waals surface area contributed by atoms with Crippen LogP contribution in [0, 0.1) is 0 Å². The molecule has 3 aromatic heterocycles. The lowest BCUT2D eigenvalue weighted by Crippen LogP contribution is -2.44. The number of carbonyl (C=O) groups excluding carboxylic acids is 1. The SMILES string of the molecule is O=C(Cn1c(=O)n(CCc2cccs2)c(=O)c2sccc21)NC1CCCCC1. The average Bonchev–Trinajstić information content (AvgIpc) is 3.38. The van der Waals surface area contributed by atoms with Gasteiger partial charge >= 0.3 is 5.69 Å². The van der Waals surface area contributed by atoms with Gasteiger partial charge in [-0.15, -0.1) is 22.7 Å². The molecule has 148 valence electrons. The molecule has 0 unspecified atom stereocenters. The quantitative estimate of drug-likeness (QED) is 0.670. The van der Waals surface area contributed by atoms with Crippen molar-refractivity contribution in [1.82, 2.24) is 14.5 Å². The molecule has 0 spiro atoms. The van der Waals surface area contributed by atoms with Gasteiger partial charge in [-0.3, -0.25) is 18.7 Å².